The van der Waals surface area contributed by atoms with Crippen LogP contribution in [0.1, 0.15) is 18.9 Å². The van der Waals surface area contributed by atoms with E-state index in [1.54, 1.807) is 6.92 Å². The van der Waals surface area contributed by atoms with Crippen LogP contribution < -0.4 is 10.6 Å². The molecule has 28 heavy (non-hydrogen) atoms. The first-order chi connectivity index (χ1) is 13.3. The molecule has 0 aliphatic carbocycles. The van der Waals surface area contributed by atoms with E-state index in [4.69, 9.17) is 0 Å². The van der Waals surface area contributed by atoms with Gasteiger partial charge in [-0.1, -0.05) is 25.1 Å². The van der Waals surface area contributed by atoms with Crippen LogP contribution in [0.3, 0.4) is 0 Å². The number of benzene rings is 2. The van der Waals surface area contributed by atoms with Gasteiger partial charge in [-0.05, 0) is 36.2 Å². The third kappa shape index (κ3) is 3.30. The van der Waals surface area contributed by atoms with Crippen molar-refractivity contribution in [3.63, 3.8) is 0 Å². The number of anilines is 1. The van der Waals surface area contributed by atoms with Crippen molar-refractivity contribution in [3.8, 4) is 0 Å². The minimum absolute atomic E-state index is 0.156. The SMILES string of the molecule is CC[C@@]1(c2ccc(F)cc2)NC(=O)N(CC(=O)Nc2c(F)cccc2F)C1=O. The summed E-state index contributed by atoms with van der Waals surface area (Å²) in [5, 5.41) is 4.56. The summed E-state index contributed by atoms with van der Waals surface area (Å²) in [6, 6.07) is 7.28. The first kappa shape index (κ1) is 19.4. The molecule has 1 aliphatic rings. The van der Waals surface area contributed by atoms with E-state index in [-0.39, 0.29) is 6.42 Å². The number of rotatable bonds is 5. The first-order valence-corrected chi connectivity index (χ1v) is 8.42. The minimum Gasteiger partial charge on any atom is -0.320 e. The summed E-state index contributed by atoms with van der Waals surface area (Å²) in [5.41, 5.74) is -1.76. The second-order valence-corrected chi connectivity index (χ2v) is 6.23. The fourth-order valence-corrected chi connectivity index (χ4v) is 3.08. The van der Waals surface area contributed by atoms with Gasteiger partial charge in [0.05, 0.1) is 0 Å². The molecule has 0 bridgehead atoms. The van der Waals surface area contributed by atoms with Crippen molar-refractivity contribution in [1.82, 2.24) is 10.2 Å². The summed E-state index contributed by atoms with van der Waals surface area (Å²) < 4.78 is 40.5. The molecule has 146 valence electrons. The summed E-state index contributed by atoms with van der Waals surface area (Å²) in [4.78, 5) is 38.0. The lowest BCUT2D eigenvalue weighted by atomic mass is 9.87. The van der Waals surface area contributed by atoms with Crippen LogP contribution in [0.2, 0.25) is 0 Å². The highest BCUT2D eigenvalue weighted by Gasteiger charge is 2.51. The number of hydrogen-bond donors (Lipinski definition) is 2. The number of imide groups is 1. The molecule has 9 heteroatoms. The van der Waals surface area contributed by atoms with Crippen molar-refractivity contribution in [2.24, 2.45) is 0 Å². The van der Waals surface area contributed by atoms with Crippen molar-refractivity contribution >= 4 is 23.5 Å². The maximum Gasteiger partial charge on any atom is 0.325 e. The molecular formula is C19H16F3N3O3. The summed E-state index contributed by atoms with van der Waals surface area (Å²) in [6.45, 7) is 0.918. The smallest absolute Gasteiger partial charge is 0.320 e. The van der Waals surface area contributed by atoms with Crippen LogP contribution in [0.15, 0.2) is 42.5 Å². The Morgan fingerprint density at radius 2 is 1.68 bits per heavy atom. The van der Waals surface area contributed by atoms with Crippen LogP contribution in [0.5, 0.6) is 0 Å². The predicted octanol–water partition coefficient (Wildman–Crippen LogP) is 2.90. The Balaban J connectivity index is 1.81. The minimum atomic E-state index is -1.45. The van der Waals surface area contributed by atoms with E-state index in [0.717, 1.165) is 30.3 Å². The van der Waals surface area contributed by atoms with Crippen molar-refractivity contribution in [3.05, 3.63) is 65.5 Å². The van der Waals surface area contributed by atoms with Gasteiger partial charge in [-0.3, -0.25) is 14.5 Å². The maximum atomic E-state index is 13.7. The van der Waals surface area contributed by atoms with Gasteiger partial charge < -0.3 is 10.6 Å². The average molecular weight is 391 g/mol. The number of amides is 4. The monoisotopic (exact) mass is 391 g/mol. The number of urea groups is 1. The van der Waals surface area contributed by atoms with Crippen LogP contribution in [0, 0.1) is 17.5 Å². The van der Waals surface area contributed by atoms with E-state index in [1.807, 2.05) is 5.32 Å². The molecule has 0 aromatic heterocycles. The quantitative estimate of drug-likeness (QED) is 0.770. The average Bonchev–Trinajstić information content (AvgIpc) is 2.90. The zero-order valence-electron chi connectivity index (χ0n) is 14.8. The van der Waals surface area contributed by atoms with Gasteiger partial charge in [0.1, 0.15) is 35.2 Å². The topological polar surface area (TPSA) is 78.5 Å². The zero-order chi connectivity index (χ0) is 20.5. The van der Waals surface area contributed by atoms with Crippen molar-refractivity contribution in [1.29, 1.82) is 0 Å². The molecule has 1 atom stereocenters. The van der Waals surface area contributed by atoms with Gasteiger partial charge in [0, 0.05) is 0 Å². The molecule has 2 aromatic carbocycles. The number of hydrogen-bond acceptors (Lipinski definition) is 3. The zero-order valence-corrected chi connectivity index (χ0v) is 14.8. The lowest BCUT2D eigenvalue weighted by Crippen LogP contribution is -2.44. The largest absolute Gasteiger partial charge is 0.325 e. The van der Waals surface area contributed by atoms with E-state index in [2.05, 4.69) is 5.32 Å². The molecule has 3 rings (SSSR count). The van der Waals surface area contributed by atoms with E-state index < -0.39 is 53.1 Å². The first-order valence-electron chi connectivity index (χ1n) is 8.42. The molecular weight excluding hydrogens is 375 g/mol. The molecule has 0 unspecified atom stereocenters. The highest BCUT2D eigenvalue weighted by atomic mass is 19.1. The van der Waals surface area contributed by atoms with Crippen LogP contribution in [0.25, 0.3) is 0 Å². The molecule has 6 nitrogen and oxygen atoms in total. The van der Waals surface area contributed by atoms with Crippen molar-refractivity contribution in [2.45, 2.75) is 18.9 Å². The third-order valence-corrected chi connectivity index (χ3v) is 4.57. The maximum absolute atomic E-state index is 13.7. The number of nitrogens with one attached hydrogen (secondary N) is 2. The normalized spacial score (nSPS) is 18.9. The lowest BCUT2D eigenvalue weighted by Gasteiger charge is -2.25. The van der Waals surface area contributed by atoms with Gasteiger partial charge in [0.15, 0.2) is 0 Å². The number of halogens is 3. The van der Waals surface area contributed by atoms with E-state index in [9.17, 15) is 27.6 Å². The van der Waals surface area contributed by atoms with Gasteiger partial charge in [0.2, 0.25) is 5.91 Å². The number of para-hydroxylation sites is 1. The van der Waals surface area contributed by atoms with E-state index >= 15 is 0 Å². The fourth-order valence-electron chi connectivity index (χ4n) is 3.08. The molecule has 1 fully saturated rings. The summed E-state index contributed by atoms with van der Waals surface area (Å²) in [6.07, 6.45) is 0.156. The van der Waals surface area contributed by atoms with Crippen LogP contribution >= 0.6 is 0 Å². The Bertz CT molecular complexity index is 929. The van der Waals surface area contributed by atoms with Gasteiger partial charge in [0.25, 0.3) is 5.91 Å². The third-order valence-electron chi connectivity index (χ3n) is 4.57. The van der Waals surface area contributed by atoms with Gasteiger partial charge >= 0.3 is 6.03 Å². The number of carbonyl (C=O) groups excluding carboxylic acids is 3. The number of carbonyl (C=O) groups is 3. The molecule has 2 aromatic rings. The Morgan fingerprint density at radius 1 is 1.07 bits per heavy atom. The molecule has 0 radical (unpaired) electrons. The Labute approximate surface area is 158 Å². The van der Waals surface area contributed by atoms with Crippen molar-refractivity contribution < 1.29 is 27.6 Å². The molecule has 0 saturated carbocycles. The van der Waals surface area contributed by atoms with Crippen molar-refractivity contribution in [2.75, 3.05) is 11.9 Å². The summed E-state index contributed by atoms with van der Waals surface area (Å²) >= 11 is 0. The standard InChI is InChI=1S/C19H16F3N3O3/c1-2-19(11-6-8-12(20)9-7-11)17(27)25(18(28)24-19)10-15(26)23-16-13(21)4-3-5-14(16)22/h3-9H,2,10H2,1H3,(H,23,26)(H,24,28)/t19-/m0/s1. The van der Waals surface area contributed by atoms with E-state index in [0.29, 0.717) is 10.5 Å². The van der Waals surface area contributed by atoms with Gasteiger partial charge in [-0.15, -0.1) is 0 Å². The second-order valence-electron chi connectivity index (χ2n) is 6.23. The second kappa shape index (κ2) is 7.34. The molecule has 2 N–H and O–H groups in total. The lowest BCUT2D eigenvalue weighted by molar-refractivity contribution is -0.134. The van der Waals surface area contributed by atoms with E-state index in [1.165, 1.54) is 12.1 Å². The summed E-state index contributed by atoms with van der Waals surface area (Å²) in [7, 11) is 0. The Kier molecular flexibility index (Phi) is 5.08. The summed E-state index contributed by atoms with van der Waals surface area (Å²) in [5.74, 6) is -4.14. The predicted molar refractivity (Wildman–Crippen MR) is 93.6 cm³/mol. The van der Waals surface area contributed by atoms with Gasteiger partial charge in [-0.25, -0.2) is 18.0 Å². The van der Waals surface area contributed by atoms with Crippen LogP contribution in [-0.2, 0) is 15.1 Å². The highest BCUT2D eigenvalue weighted by molar-refractivity contribution is 6.10. The molecule has 1 aliphatic heterocycles. The molecule has 4 amide bonds. The molecule has 0 spiro atoms. The molecule has 1 saturated heterocycles. The Hall–Kier alpha value is -3.36. The highest BCUT2D eigenvalue weighted by Crippen LogP contribution is 2.32. The fraction of sp³-hybridized carbons (Fsp3) is 0.211. The Morgan fingerprint density at radius 3 is 2.25 bits per heavy atom. The van der Waals surface area contributed by atoms with Crippen LogP contribution in [-0.4, -0.2) is 29.3 Å². The number of nitrogens with zero attached hydrogens (tertiary/aromatic N) is 1. The molecule has 1 heterocycles. The van der Waals surface area contributed by atoms with Gasteiger partial charge in [-0.2, -0.15) is 0 Å². The van der Waals surface area contributed by atoms with Crippen LogP contribution in [0.4, 0.5) is 23.7 Å².